The van der Waals surface area contributed by atoms with Gasteiger partial charge in [0.1, 0.15) is 0 Å². The molecule has 2 aromatic carbocycles. The molecule has 1 aliphatic rings. The second-order valence-electron chi connectivity index (χ2n) is 6.61. The molecule has 2 aromatic rings. The molecule has 2 amide bonds. The van der Waals surface area contributed by atoms with E-state index in [2.05, 4.69) is 10.2 Å². The fourth-order valence-corrected chi connectivity index (χ4v) is 3.29. The Hall–Kier alpha value is -3.62. The van der Waals surface area contributed by atoms with E-state index in [0.29, 0.717) is 31.9 Å². The maximum Gasteiger partial charge on any atom is 0.311 e. The van der Waals surface area contributed by atoms with Crippen molar-refractivity contribution in [2.24, 2.45) is 0 Å². The van der Waals surface area contributed by atoms with E-state index in [0.717, 1.165) is 5.69 Å². The first-order valence-corrected chi connectivity index (χ1v) is 9.14. The van der Waals surface area contributed by atoms with Gasteiger partial charge < -0.3 is 19.9 Å². The number of nitrogens with one attached hydrogen (secondary N) is 1. The first-order chi connectivity index (χ1) is 13.9. The molecule has 1 fully saturated rings. The lowest BCUT2D eigenvalue weighted by atomic mass is 10.1. The number of piperazine rings is 1. The van der Waals surface area contributed by atoms with E-state index < -0.39 is 10.8 Å². The molecular formula is C20H22N4O5. The number of benzene rings is 2. The van der Waals surface area contributed by atoms with Gasteiger partial charge in [0.25, 0.3) is 5.91 Å². The number of anilines is 2. The smallest absolute Gasteiger partial charge is 0.311 e. The third kappa shape index (κ3) is 4.45. The number of hydrogen-bond acceptors (Lipinski definition) is 6. The van der Waals surface area contributed by atoms with Crippen molar-refractivity contribution in [2.75, 3.05) is 43.5 Å². The Morgan fingerprint density at radius 3 is 2.41 bits per heavy atom. The van der Waals surface area contributed by atoms with Gasteiger partial charge in [-0.05, 0) is 24.3 Å². The number of carbonyl (C=O) groups is 2. The van der Waals surface area contributed by atoms with Crippen LogP contribution < -0.4 is 15.0 Å². The number of ether oxygens (including phenoxy) is 1. The molecule has 0 radical (unpaired) electrons. The summed E-state index contributed by atoms with van der Waals surface area (Å²) >= 11 is 0. The molecule has 29 heavy (non-hydrogen) atoms. The summed E-state index contributed by atoms with van der Waals surface area (Å²) in [6, 6.07) is 11.4. The molecule has 3 rings (SSSR count). The van der Waals surface area contributed by atoms with Crippen LogP contribution >= 0.6 is 0 Å². The summed E-state index contributed by atoms with van der Waals surface area (Å²) in [6.45, 7) is 4.09. The van der Waals surface area contributed by atoms with Gasteiger partial charge in [0.15, 0.2) is 5.75 Å². The maximum atomic E-state index is 12.7. The summed E-state index contributed by atoms with van der Waals surface area (Å²) < 4.78 is 4.98. The number of nitrogens with zero attached hydrogens (tertiary/aromatic N) is 3. The van der Waals surface area contributed by atoms with Crippen LogP contribution in [0.1, 0.15) is 17.3 Å². The zero-order valence-electron chi connectivity index (χ0n) is 16.3. The summed E-state index contributed by atoms with van der Waals surface area (Å²) in [5, 5.41) is 14.0. The number of para-hydroxylation sites is 2. The van der Waals surface area contributed by atoms with Crippen LogP contribution in [0.15, 0.2) is 42.5 Å². The average molecular weight is 398 g/mol. The molecule has 1 N–H and O–H groups in total. The van der Waals surface area contributed by atoms with Crippen LogP contribution in [0.4, 0.5) is 17.1 Å². The Morgan fingerprint density at radius 1 is 1.10 bits per heavy atom. The average Bonchev–Trinajstić information content (AvgIpc) is 2.73. The minimum Gasteiger partial charge on any atom is -0.490 e. The van der Waals surface area contributed by atoms with Crippen LogP contribution in [-0.2, 0) is 4.79 Å². The Bertz CT molecular complexity index is 938. The largest absolute Gasteiger partial charge is 0.490 e. The Kier molecular flexibility index (Phi) is 5.96. The van der Waals surface area contributed by atoms with E-state index >= 15 is 0 Å². The lowest BCUT2D eigenvalue weighted by molar-refractivity contribution is -0.385. The lowest BCUT2D eigenvalue weighted by Gasteiger charge is -2.36. The molecule has 1 heterocycles. The zero-order chi connectivity index (χ0) is 21.0. The van der Waals surface area contributed by atoms with E-state index in [1.54, 1.807) is 24.0 Å². The second kappa shape index (κ2) is 8.59. The number of methoxy groups -OCH3 is 1. The Balaban J connectivity index is 1.79. The van der Waals surface area contributed by atoms with Crippen molar-refractivity contribution < 1.29 is 19.2 Å². The van der Waals surface area contributed by atoms with Gasteiger partial charge in [-0.2, -0.15) is 0 Å². The number of rotatable bonds is 5. The van der Waals surface area contributed by atoms with Crippen LogP contribution in [0.25, 0.3) is 0 Å². The highest BCUT2D eigenvalue weighted by molar-refractivity contribution is 6.06. The normalized spacial score (nSPS) is 13.7. The van der Waals surface area contributed by atoms with E-state index in [1.807, 2.05) is 12.1 Å². The van der Waals surface area contributed by atoms with Gasteiger partial charge in [-0.15, -0.1) is 0 Å². The fourth-order valence-electron chi connectivity index (χ4n) is 3.29. The minimum absolute atomic E-state index is 0.0485. The number of carbonyl (C=O) groups excluding carboxylic acids is 2. The predicted octanol–water partition coefficient (Wildman–Crippen LogP) is 2.52. The molecule has 0 atom stereocenters. The van der Waals surface area contributed by atoms with E-state index in [4.69, 9.17) is 4.74 Å². The highest BCUT2D eigenvalue weighted by Crippen LogP contribution is 2.30. The van der Waals surface area contributed by atoms with Crippen molar-refractivity contribution in [2.45, 2.75) is 6.92 Å². The molecule has 0 saturated carbocycles. The van der Waals surface area contributed by atoms with Gasteiger partial charge >= 0.3 is 5.69 Å². The molecule has 9 nitrogen and oxygen atoms in total. The van der Waals surface area contributed by atoms with Crippen LogP contribution in [0.2, 0.25) is 0 Å². The highest BCUT2D eigenvalue weighted by Gasteiger charge is 2.22. The summed E-state index contributed by atoms with van der Waals surface area (Å²) in [4.78, 5) is 38.8. The minimum atomic E-state index is -0.585. The lowest BCUT2D eigenvalue weighted by Crippen LogP contribution is -2.48. The number of nitro benzene ring substituents is 1. The van der Waals surface area contributed by atoms with Crippen LogP contribution in [0.3, 0.4) is 0 Å². The van der Waals surface area contributed by atoms with Gasteiger partial charge in [-0.1, -0.05) is 12.1 Å². The highest BCUT2D eigenvalue weighted by atomic mass is 16.6. The van der Waals surface area contributed by atoms with Crippen molar-refractivity contribution in [1.82, 2.24) is 4.90 Å². The number of hydrogen-bond donors (Lipinski definition) is 1. The zero-order valence-corrected chi connectivity index (χ0v) is 16.3. The summed E-state index contributed by atoms with van der Waals surface area (Å²) in [5.41, 5.74) is 1.34. The van der Waals surface area contributed by atoms with Crippen molar-refractivity contribution >= 4 is 28.9 Å². The third-order valence-electron chi connectivity index (χ3n) is 4.86. The standard InChI is InChI=1S/C20H22N4O5/c1-14(25)22-9-11-23(12-10-22)17-6-4-3-5-16(17)21-20(26)15-7-8-19(29-2)18(13-15)24(27)28/h3-8,13H,9-12H2,1-2H3,(H,21,26). The van der Waals surface area contributed by atoms with Crippen molar-refractivity contribution in [1.29, 1.82) is 0 Å². The molecule has 1 saturated heterocycles. The first-order valence-electron chi connectivity index (χ1n) is 9.14. The Morgan fingerprint density at radius 2 is 1.79 bits per heavy atom. The first kappa shape index (κ1) is 20.1. The van der Waals surface area contributed by atoms with Gasteiger partial charge in [0.2, 0.25) is 5.91 Å². The van der Waals surface area contributed by atoms with Crippen molar-refractivity contribution in [3.8, 4) is 5.75 Å². The van der Waals surface area contributed by atoms with Crippen LogP contribution in [0.5, 0.6) is 5.75 Å². The van der Waals surface area contributed by atoms with Crippen LogP contribution in [0, 0.1) is 10.1 Å². The summed E-state index contributed by atoms with van der Waals surface area (Å²) in [5.74, 6) is -0.312. The van der Waals surface area contributed by atoms with Crippen molar-refractivity contribution in [3.63, 3.8) is 0 Å². The van der Waals surface area contributed by atoms with Crippen molar-refractivity contribution in [3.05, 3.63) is 58.1 Å². The Labute approximate surface area is 168 Å². The molecule has 0 unspecified atom stereocenters. The van der Waals surface area contributed by atoms with Gasteiger partial charge in [0.05, 0.1) is 23.4 Å². The molecule has 1 aliphatic heterocycles. The molecule has 0 bridgehead atoms. The summed E-state index contributed by atoms with van der Waals surface area (Å²) in [7, 11) is 1.34. The second-order valence-corrected chi connectivity index (χ2v) is 6.61. The topological polar surface area (TPSA) is 105 Å². The van der Waals surface area contributed by atoms with Gasteiger partial charge in [0, 0.05) is 44.7 Å². The van der Waals surface area contributed by atoms with E-state index in [-0.39, 0.29) is 22.9 Å². The number of amides is 2. The third-order valence-corrected chi connectivity index (χ3v) is 4.86. The van der Waals surface area contributed by atoms with E-state index in [1.165, 1.54) is 25.3 Å². The molecule has 0 aromatic heterocycles. The maximum absolute atomic E-state index is 12.7. The fraction of sp³-hybridized carbons (Fsp3) is 0.300. The SMILES string of the molecule is COc1ccc(C(=O)Nc2ccccc2N2CCN(C(C)=O)CC2)cc1[N+](=O)[O-]. The quantitative estimate of drug-likeness (QED) is 0.613. The monoisotopic (exact) mass is 398 g/mol. The van der Waals surface area contributed by atoms with Crippen LogP contribution in [-0.4, -0.2) is 54.9 Å². The van der Waals surface area contributed by atoms with Gasteiger partial charge in [-0.3, -0.25) is 19.7 Å². The predicted molar refractivity (Wildman–Crippen MR) is 109 cm³/mol. The number of nitro groups is 1. The molecule has 9 heteroatoms. The molecule has 152 valence electrons. The van der Waals surface area contributed by atoms with Gasteiger partial charge in [-0.25, -0.2) is 0 Å². The van der Waals surface area contributed by atoms with E-state index in [9.17, 15) is 19.7 Å². The molecular weight excluding hydrogens is 376 g/mol. The molecule has 0 spiro atoms. The molecule has 0 aliphatic carbocycles. The summed E-state index contributed by atoms with van der Waals surface area (Å²) in [6.07, 6.45) is 0.